The maximum Gasteiger partial charge on any atom is 0.513 e. The molecular formula is C14H14O5. The molecule has 0 spiro atoms. The third-order valence-corrected chi connectivity index (χ3v) is 2.50. The van der Waals surface area contributed by atoms with Crippen LogP contribution in [0.15, 0.2) is 36.4 Å². The van der Waals surface area contributed by atoms with Crippen molar-refractivity contribution in [1.82, 2.24) is 0 Å². The first-order chi connectivity index (χ1) is 9.24. The predicted octanol–water partition coefficient (Wildman–Crippen LogP) is 2.97. The molecule has 0 unspecified atom stereocenters. The first kappa shape index (κ1) is 13.2. The predicted molar refractivity (Wildman–Crippen MR) is 69.5 cm³/mol. The maximum atomic E-state index is 11.2. The van der Waals surface area contributed by atoms with Gasteiger partial charge in [-0.1, -0.05) is 24.3 Å². The van der Waals surface area contributed by atoms with Crippen molar-refractivity contribution >= 4 is 16.9 Å². The van der Waals surface area contributed by atoms with Gasteiger partial charge >= 0.3 is 6.16 Å². The van der Waals surface area contributed by atoms with Gasteiger partial charge in [0.25, 0.3) is 0 Å². The van der Waals surface area contributed by atoms with Gasteiger partial charge < -0.3 is 18.9 Å². The van der Waals surface area contributed by atoms with Gasteiger partial charge in [0.1, 0.15) is 0 Å². The zero-order valence-corrected chi connectivity index (χ0v) is 10.7. The van der Waals surface area contributed by atoms with Crippen LogP contribution in [-0.4, -0.2) is 27.2 Å². The molecule has 0 amide bonds. The van der Waals surface area contributed by atoms with Crippen molar-refractivity contribution in [2.24, 2.45) is 0 Å². The smallest absolute Gasteiger partial charge is 0.464 e. The van der Waals surface area contributed by atoms with Crippen molar-refractivity contribution in [2.75, 3.05) is 21.0 Å². The highest BCUT2D eigenvalue weighted by atomic mass is 16.7. The van der Waals surface area contributed by atoms with Crippen molar-refractivity contribution in [3.8, 4) is 11.5 Å². The molecule has 0 N–H and O–H groups in total. The average Bonchev–Trinajstić information content (AvgIpc) is 2.44. The normalized spacial score (nSPS) is 10.2. The van der Waals surface area contributed by atoms with Crippen molar-refractivity contribution in [1.29, 1.82) is 0 Å². The Morgan fingerprint density at radius 3 is 2.26 bits per heavy atom. The summed E-state index contributed by atoms with van der Waals surface area (Å²) in [5, 5.41) is 1.91. The van der Waals surface area contributed by atoms with Gasteiger partial charge in [-0.15, -0.1) is 0 Å². The summed E-state index contributed by atoms with van der Waals surface area (Å²) in [5.41, 5.74) is 0. The summed E-state index contributed by atoms with van der Waals surface area (Å²) in [6, 6.07) is 11.2. The second-order valence-electron chi connectivity index (χ2n) is 3.75. The molecular weight excluding hydrogens is 248 g/mol. The van der Waals surface area contributed by atoms with Gasteiger partial charge in [-0.05, 0) is 22.9 Å². The second-order valence-corrected chi connectivity index (χ2v) is 3.75. The third kappa shape index (κ3) is 3.14. The summed E-state index contributed by atoms with van der Waals surface area (Å²) in [5.74, 6) is 0.716. The molecule has 0 atom stereocenters. The zero-order chi connectivity index (χ0) is 13.7. The van der Waals surface area contributed by atoms with E-state index in [0.717, 1.165) is 10.8 Å². The van der Waals surface area contributed by atoms with Crippen LogP contribution in [-0.2, 0) is 9.47 Å². The SMILES string of the molecule is COCOc1cc2ccccc2cc1OC(=O)OC. The molecule has 5 nitrogen and oxygen atoms in total. The molecule has 2 aromatic rings. The Labute approximate surface area is 110 Å². The fraction of sp³-hybridized carbons (Fsp3) is 0.214. The Kier molecular flexibility index (Phi) is 4.20. The van der Waals surface area contributed by atoms with Crippen molar-refractivity contribution in [3.63, 3.8) is 0 Å². The van der Waals surface area contributed by atoms with Gasteiger partial charge in [-0.3, -0.25) is 0 Å². The van der Waals surface area contributed by atoms with Crippen LogP contribution in [0.2, 0.25) is 0 Å². The lowest BCUT2D eigenvalue weighted by molar-refractivity contribution is 0.0481. The van der Waals surface area contributed by atoms with Crippen molar-refractivity contribution in [2.45, 2.75) is 0 Å². The summed E-state index contributed by atoms with van der Waals surface area (Å²) in [7, 11) is 2.76. The summed E-state index contributed by atoms with van der Waals surface area (Å²) in [6.45, 7) is 0.0654. The number of carbonyl (C=O) groups is 1. The molecule has 5 heteroatoms. The Morgan fingerprint density at radius 2 is 1.68 bits per heavy atom. The largest absolute Gasteiger partial charge is 0.513 e. The third-order valence-electron chi connectivity index (χ3n) is 2.50. The summed E-state index contributed by atoms with van der Waals surface area (Å²) >= 11 is 0. The van der Waals surface area contributed by atoms with E-state index in [1.165, 1.54) is 14.2 Å². The molecule has 0 saturated carbocycles. The highest BCUT2D eigenvalue weighted by Crippen LogP contribution is 2.32. The van der Waals surface area contributed by atoms with E-state index in [0.29, 0.717) is 11.5 Å². The molecule has 2 rings (SSSR count). The van der Waals surface area contributed by atoms with Gasteiger partial charge in [0.15, 0.2) is 18.3 Å². The van der Waals surface area contributed by atoms with Crippen LogP contribution in [0.25, 0.3) is 10.8 Å². The fourth-order valence-electron chi connectivity index (χ4n) is 1.64. The number of methoxy groups -OCH3 is 2. The number of ether oxygens (including phenoxy) is 4. The number of hydrogen-bond donors (Lipinski definition) is 0. The minimum atomic E-state index is -0.794. The quantitative estimate of drug-likeness (QED) is 0.481. The average molecular weight is 262 g/mol. The zero-order valence-electron chi connectivity index (χ0n) is 10.7. The van der Waals surface area contributed by atoms with Crippen LogP contribution in [0.3, 0.4) is 0 Å². The fourth-order valence-corrected chi connectivity index (χ4v) is 1.64. The summed E-state index contributed by atoms with van der Waals surface area (Å²) in [4.78, 5) is 11.2. The molecule has 0 aliphatic rings. The van der Waals surface area contributed by atoms with Gasteiger partial charge in [0.2, 0.25) is 0 Å². The van der Waals surface area contributed by atoms with E-state index in [2.05, 4.69) is 4.74 Å². The lowest BCUT2D eigenvalue weighted by Gasteiger charge is -2.11. The van der Waals surface area contributed by atoms with Gasteiger partial charge in [-0.25, -0.2) is 4.79 Å². The van der Waals surface area contributed by atoms with Gasteiger partial charge in [0, 0.05) is 7.11 Å². The molecule has 100 valence electrons. The number of rotatable bonds is 4. The molecule has 0 fully saturated rings. The van der Waals surface area contributed by atoms with E-state index in [1.807, 2.05) is 24.3 Å². The first-order valence-electron chi connectivity index (χ1n) is 5.65. The minimum Gasteiger partial charge on any atom is -0.464 e. The molecule has 19 heavy (non-hydrogen) atoms. The molecule has 0 radical (unpaired) electrons. The number of hydrogen-bond acceptors (Lipinski definition) is 5. The second kappa shape index (κ2) is 6.06. The van der Waals surface area contributed by atoms with E-state index < -0.39 is 6.16 Å². The van der Waals surface area contributed by atoms with E-state index in [9.17, 15) is 4.79 Å². The topological polar surface area (TPSA) is 54.0 Å². The number of carbonyl (C=O) groups excluding carboxylic acids is 1. The number of fused-ring (bicyclic) bond motifs is 1. The Hall–Kier alpha value is -2.27. The number of benzene rings is 2. The molecule has 0 saturated heterocycles. The van der Waals surface area contributed by atoms with E-state index in [1.54, 1.807) is 12.1 Å². The summed E-state index contributed by atoms with van der Waals surface area (Å²) < 4.78 is 19.8. The highest BCUT2D eigenvalue weighted by Gasteiger charge is 2.12. The highest BCUT2D eigenvalue weighted by molar-refractivity contribution is 5.86. The van der Waals surface area contributed by atoms with Crippen LogP contribution < -0.4 is 9.47 Å². The lowest BCUT2D eigenvalue weighted by atomic mass is 10.1. The monoisotopic (exact) mass is 262 g/mol. The molecule has 0 heterocycles. The van der Waals surface area contributed by atoms with Gasteiger partial charge in [-0.2, -0.15) is 0 Å². The van der Waals surface area contributed by atoms with Crippen molar-refractivity contribution in [3.05, 3.63) is 36.4 Å². The first-order valence-corrected chi connectivity index (χ1v) is 5.65. The maximum absolute atomic E-state index is 11.2. The lowest BCUT2D eigenvalue weighted by Crippen LogP contribution is -2.09. The molecule has 0 bridgehead atoms. The van der Waals surface area contributed by atoms with Crippen LogP contribution in [0.5, 0.6) is 11.5 Å². The molecule has 0 aliphatic heterocycles. The van der Waals surface area contributed by atoms with Crippen LogP contribution in [0.1, 0.15) is 0 Å². The van der Waals surface area contributed by atoms with Crippen LogP contribution >= 0.6 is 0 Å². The van der Waals surface area contributed by atoms with E-state index in [-0.39, 0.29) is 6.79 Å². The van der Waals surface area contributed by atoms with E-state index >= 15 is 0 Å². The van der Waals surface area contributed by atoms with Crippen LogP contribution in [0, 0.1) is 0 Å². The summed E-state index contributed by atoms with van der Waals surface area (Å²) in [6.07, 6.45) is -0.794. The molecule has 0 aliphatic carbocycles. The molecule has 2 aromatic carbocycles. The van der Waals surface area contributed by atoms with Crippen molar-refractivity contribution < 1.29 is 23.7 Å². The van der Waals surface area contributed by atoms with Crippen LogP contribution in [0.4, 0.5) is 4.79 Å². The van der Waals surface area contributed by atoms with Gasteiger partial charge in [0.05, 0.1) is 7.11 Å². The molecule has 0 aromatic heterocycles. The Balaban J connectivity index is 2.41. The van der Waals surface area contributed by atoms with E-state index in [4.69, 9.17) is 14.2 Å². The minimum absolute atomic E-state index is 0.0654. The Bertz CT molecular complexity index is 579. The Morgan fingerprint density at radius 1 is 1.05 bits per heavy atom. The standard InChI is InChI=1S/C14H14O5/c1-16-9-18-12-7-10-5-3-4-6-11(10)8-13(12)19-14(15)17-2/h3-8H,9H2,1-2H3.